The molecule has 1 aromatic heterocycles. The van der Waals surface area contributed by atoms with Gasteiger partial charge in [-0.2, -0.15) is 0 Å². The Morgan fingerprint density at radius 1 is 1.21 bits per heavy atom. The second-order valence-corrected chi connectivity index (χ2v) is 6.67. The second kappa shape index (κ2) is 7.23. The third-order valence-corrected chi connectivity index (χ3v) is 4.93. The predicted molar refractivity (Wildman–Crippen MR) is 86.6 cm³/mol. The summed E-state index contributed by atoms with van der Waals surface area (Å²) in [6.07, 6.45) is 4.01. The van der Waals surface area contributed by atoms with Crippen molar-refractivity contribution in [3.63, 3.8) is 0 Å². The van der Waals surface area contributed by atoms with E-state index >= 15 is 0 Å². The Labute approximate surface area is 140 Å². The zero-order valence-corrected chi connectivity index (χ0v) is 13.9. The summed E-state index contributed by atoms with van der Waals surface area (Å²) in [4.78, 5) is 26.0. The van der Waals surface area contributed by atoms with Gasteiger partial charge in [0, 0.05) is 24.7 Å². The van der Waals surface area contributed by atoms with Crippen LogP contribution in [0.2, 0.25) is 0 Å². The minimum Gasteiger partial charge on any atom is -0.459 e. The highest BCUT2D eigenvalue weighted by atomic mass is 19.1. The molecule has 2 aliphatic rings. The number of hydrogen-bond donors (Lipinski definition) is 2. The molecule has 0 radical (unpaired) electrons. The number of likely N-dealkylation sites (tertiary alicyclic amines) is 1. The Kier molecular flexibility index (Phi) is 5.06. The van der Waals surface area contributed by atoms with Crippen LogP contribution < -0.4 is 10.6 Å². The van der Waals surface area contributed by atoms with E-state index in [4.69, 9.17) is 4.42 Å². The highest BCUT2D eigenvalue weighted by Crippen LogP contribution is 2.22. The van der Waals surface area contributed by atoms with E-state index < -0.39 is 6.17 Å². The molecule has 1 aromatic rings. The van der Waals surface area contributed by atoms with Gasteiger partial charge >= 0.3 is 6.03 Å². The average Bonchev–Trinajstić information content (AvgIpc) is 3.17. The van der Waals surface area contributed by atoms with E-state index in [9.17, 15) is 14.0 Å². The Morgan fingerprint density at radius 3 is 2.54 bits per heavy atom. The number of halogens is 1. The van der Waals surface area contributed by atoms with Crippen molar-refractivity contribution in [1.29, 1.82) is 0 Å². The van der Waals surface area contributed by atoms with Crippen LogP contribution in [0.3, 0.4) is 0 Å². The summed E-state index contributed by atoms with van der Waals surface area (Å²) in [6, 6.07) is 1.22. The number of furan rings is 1. The van der Waals surface area contributed by atoms with E-state index in [0.29, 0.717) is 44.5 Å². The van der Waals surface area contributed by atoms with E-state index in [2.05, 4.69) is 10.6 Å². The maximum absolute atomic E-state index is 13.6. The molecule has 3 rings (SSSR count). The normalized spacial score (nSPS) is 24.8. The largest absolute Gasteiger partial charge is 0.459 e. The number of nitrogens with zero attached hydrogens (tertiary/aromatic N) is 1. The Bertz CT molecular complexity index is 596. The summed E-state index contributed by atoms with van der Waals surface area (Å²) in [5, 5.41) is 5.74. The number of amides is 3. The average molecular weight is 337 g/mol. The van der Waals surface area contributed by atoms with Crippen molar-refractivity contribution in [2.45, 2.75) is 57.3 Å². The molecular weight excluding hydrogens is 313 g/mol. The molecule has 1 aliphatic carbocycles. The van der Waals surface area contributed by atoms with Crippen LogP contribution in [0.1, 0.15) is 48.2 Å². The Balaban J connectivity index is 1.44. The number of hydrogen-bond acceptors (Lipinski definition) is 3. The standard InChI is InChI=1S/C17H24FN3O3/c1-11-7-10-24-15(11)16(22)19-12-5-8-21(9-6-12)17(23)20-14-4-2-3-13(14)18/h7,10,12-14H,2-6,8-9H2,1H3,(H,19,22)(H,20,23)/t13-,14+/m1/s1. The third kappa shape index (κ3) is 3.71. The van der Waals surface area contributed by atoms with Gasteiger partial charge in [-0.15, -0.1) is 0 Å². The maximum Gasteiger partial charge on any atom is 0.317 e. The summed E-state index contributed by atoms with van der Waals surface area (Å²) in [7, 11) is 0. The molecule has 0 spiro atoms. The third-order valence-electron chi connectivity index (χ3n) is 4.93. The fourth-order valence-electron chi connectivity index (χ4n) is 3.41. The first-order valence-electron chi connectivity index (χ1n) is 8.59. The molecule has 0 unspecified atom stereocenters. The monoisotopic (exact) mass is 337 g/mol. The van der Waals surface area contributed by atoms with Gasteiger partial charge in [0.2, 0.25) is 0 Å². The van der Waals surface area contributed by atoms with Crippen LogP contribution in [-0.2, 0) is 0 Å². The molecule has 2 heterocycles. The maximum atomic E-state index is 13.6. The first kappa shape index (κ1) is 16.8. The van der Waals surface area contributed by atoms with Gasteiger partial charge in [0.15, 0.2) is 5.76 Å². The number of carbonyl (C=O) groups excluding carboxylic acids is 2. The molecule has 1 aliphatic heterocycles. The van der Waals surface area contributed by atoms with Gasteiger partial charge in [-0.25, -0.2) is 9.18 Å². The fourth-order valence-corrected chi connectivity index (χ4v) is 3.41. The van der Waals surface area contributed by atoms with Gasteiger partial charge < -0.3 is 20.0 Å². The second-order valence-electron chi connectivity index (χ2n) is 6.67. The van der Waals surface area contributed by atoms with E-state index in [1.807, 2.05) is 6.92 Å². The topological polar surface area (TPSA) is 74.6 Å². The van der Waals surface area contributed by atoms with Gasteiger partial charge in [0.1, 0.15) is 6.17 Å². The Hall–Kier alpha value is -2.05. The van der Waals surface area contributed by atoms with Crippen molar-refractivity contribution in [2.75, 3.05) is 13.1 Å². The molecule has 6 nitrogen and oxygen atoms in total. The SMILES string of the molecule is Cc1ccoc1C(=O)NC1CCN(C(=O)N[C@H]2CCC[C@H]2F)CC1. The lowest BCUT2D eigenvalue weighted by Crippen LogP contribution is -2.52. The van der Waals surface area contributed by atoms with Gasteiger partial charge in [-0.3, -0.25) is 4.79 Å². The lowest BCUT2D eigenvalue weighted by Gasteiger charge is -2.33. The molecule has 0 bridgehead atoms. The minimum atomic E-state index is -0.928. The van der Waals surface area contributed by atoms with E-state index in [1.54, 1.807) is 11.0 Å². The van der Waals surface area contributed by atoms with Crippen LogP contribution in [0.25, 0.3) is 0 Å². The van der Waals surface area contributed by atoms with Gasteiger partial charge in [0.05, 0.1) is 12.3 Å². The van der Waals surface area contributed by atoms with Gasteiger partial charge in [0.25, 0.3) is 5.91 Å². The highest BCUT2D eigenvalue weighted by Gasteiger charge is 2.31. The molecule has 7 heteroatoms. The van der Waals surface area contributed by atoms with Crippen LogP contribution in [0.15, 0.2) is 16.7 Å². The highest BCUT2D eigenvalue weighted by molar-refractivity contribution is 5.93. The number of alkyl halides is 1. The number of carbonyl (C=O) groups is 2. The molecule has 3 amide bonds. The molecule has 132 valence electrons. The van der Waals surface area contributed by atoms with Crippen molar-refractivity contribution in [3.05, 3.63) is 23.7 Å². The van der Waals surface area contributed by atoms with Crippen LogP contribution >= 0.6 is 0 Å². The fraction of sp³-hybridized carbons (Fsp3) is 0.647. The molecule has 0 aromatic carbocycles. The molecule has 2 N–H and O–H groups in total. The molecular formula is C17H24FN3O3. The van der Waals surface area contributed by atoms with Crippen molar-refractivity contribution in [2.24, 2.45) is 0 Å². The van der Waals surface area contributed by atoms with Crippen molar-refractivity contribution in [1.82, 2.24) is 15.5 Å². The summed E-state index contributed by atoms with van der Waals surface area (Å²) in [5.74, 6) is 0.122. The number of nitrogens with one attached hydrogen (secondary N) is 2. The smallest absolute Gasteiger partial charge is 0.317 e. The van der Waals surface area contributed by atoms with Crippen LogP contribution in [0, 0.1) is 6.92 Å². The van der Waals surface area contributed by atoms with Crippen molar-refractivity contribution >= 4 is 11.9 Å². The van der Waals surface area contributed by atoms with E-state index in [-0.39, 0.29) is 24.0 Å². The lowest BCUT2D eigenvalue weighted by atomic mass is 10.0. The van der Waals surface area contributed by atoms with E-state index in [1.165, 1.54) is 6.26 Å². The molecule has 1 saturated heterocycles. The van der Waals surface area contributed by atoms with Crippen molar-refractivity contribution in [3.8, 4) is 0 Å². The summed E-state index contributed by atoms with van der Waals surface area (Å²) in [6.45, 7) is 2.93. The Morgan fingerprint density at radius 2 is 1.96 bits per heavy atom. The van der Waals surface area contributed by atoms with Crippen LogP contribution in [-0.4, -0.2) is 48.2 Å². The number of urea groups is 1. The molecule has 2 atom stereocenters. The minimum absolute atomic E-state index is 0.0199. The molecule has 1 saturated carbocycles. The number of piperidine rings is 1. The van der Waals surface area contributed by atoms with Gasteiger partial charge in [-0.05, 0) is 45.1 Å². The predicted octanol–water partition coefficient (Wildman–Crippen LogP) is 2.38. The number of rotatable bonds is 3. The lowest BCUT2D eigenvalue weighted by molar-refractivity contribution is 0.0888. The zero-order valence-electron chi connectivity index (χ0n) is 13.9. The van der Waals surface area contributed by atoms with Crippen molar-refractivity contribution < 1.29 is 18.4 Å². The summed E-state index contributed by atoms with van der Waals surface area (Å²) >= 11 is 0. The van der Waals surface area contributed by atoms with Gasteiger partial charge in [-0.1, -0.05) is 0 Å². The van der Waals surface area contributed by atoms with Crippen LogP contribution in [0.4, 0.5) is 9.18 Å². The first-order valence-corrected chi connectivity index (χ1v) is 8.59. The summed E-state index contributed by atoms with van der Waals surface area (Å²) < 4.78 is 18.8. The first-order chi connectivity index (χ1) is 11.5. The molecule has 2 fully saturated rings. The summed E-state index contributed by atoms with van der Waals surface area (Å²) in [5.41, 5.74) is 0.807. The zero-order chi connectivity index (χ0) is 17.1. The van der Waals surface area contributed by atoms with Crippen LogP contribution in [0.5, 0.6) is 0 Å². The quantitative estimate of drug-likeness (QED) is 0.889. The molecule has 24 heavy (non-hydrogen) atoms. The van der Waals surface area contributed by atoms with E-state index in [0.717, 1.165) is 12.0 Å². The number of aryl methyl sites for hydroxylation is 1.